The Kier molecular flexibility index (Phi) is 3.48. The summed E-state index contributed by atoms with van der Waals surface area (Å²) in [6, 6.07) is 6.01. The normalized spacial score (nSPS) is 12.1. The highest BCUT2D eigenvalue weighted by molar-refractivity contribution is 5.95. The predicted molar refractivity (Wildman–Crippen MR) is 55.0 cm³/mol. The highest BCUT2D eigenvalue weighted by Gasteiger charge is 2.12. The first-order valence-corrected chi connectivity index (χ1v) is 4.49. The molecule has 4 heteroatoms. The summed E-state index contributed by atoms with van der Waals surface area (Å²) in [6.07, 6.45) is 0.569. The van der Waals surface area contributed by atoms with Gasteiger partial charge in [-0.1, -0.05) is 19.1 Å². The highest BCUT2D eigenvalue weighted by Crippen LogP contribution is 2.21. The van der Waals surface area contributed by atoms with Crippen molar-refractivity contribution in [2.45, 2.75) is 19.4 Å². The van der Waals surface area contributed by atoms with E-state index in [-0.39, 0.29) is 11.7 Å². The third kappa shape index (κ3) is 2.47. The molecule has 1 rings (SSSR count). The number of nitrogens with one attached hydrogen (secondary N) is 1. The number of phenolic OH excluding ortho intramolecular Hbond substituents is 1. The Labute approximate surface area is 82.7 Å². The second-order valence-electron chi connectivity index (χ2n) is 3.02. The van der Waals surface area contributed by atoms with Crippen LogP contribution in [-0.4, -0.2) is 17.1 Å². The van der Waals surface area contributed by atoms with Crippen LogP contribution < -0.4 is 11.1 Å². The third-order valence-corrected chi connectivity index (χ3v) is 1.94. The van der Waals surface area contributed by atoms with Crippen LogP contribution in [0.15, 0.2) is 24.3 Å². The van der Waals surface area contributed by atoms with Crippen molar-refractivity contribution in [2.24, 2.45) is 5.73 Å². The summed E-state index contributed by atoms with van der Waals surface area (Å²) in [4.78, 5) is 11.3. The van der Waals surface area contributed by atoms with E-state index in [0.717, 1.165) is 0 Å². The molecule has 76 valence electrons. The fourth-order valence-electron chi connectivity index (χ4n) is 0.990. The molecule has 0 unspecified atom stereocenters. The summed E-state index contributed by atoms with van der Waals surface area (Å²) in [5.74, 6) is -0.238. The van der Waals surface area contributed by atoms with Crippen molar-refractivity contribution < 1.29 is 9.90 Å². The molecule has 4 nitrogen and oxygen atoms in total. The van der Waals surface area contributed by atoms with E-state index in [1.54, 1.807) is 18.2 Å². The minimum atomic E-state index is -0.533. The Hall–Kier alpha value is -1.55. The zero-order valence-electron chi connectivity index (χ0n) is 8.03. The lowest BCUT2D eigenvalue weighted by molar-refractivity contribution is -0.117. The maximum atomic E-state index is 11.3. The van der Waals surface area contributed by atoms with E-state index in [4.69, 9.17) is 5.73 Å². The van der Waals surface area contributed by atoms with Crippen molar-refractivity contribution in [3.05, 3.63) is 24.3 Å². The van der Waals surface area contributed by atoms with Gasteiger partial charge in [0.15, 0.2) is 0 Å². The van der Waals surface area contributed by atoms with Crippen molar-refractivity contribution in [2.75, 3.05) is 5.32 Å². The molecule has 0 bridgehead atoms. The van der Waals surface area contributed by atoms with Gasteiger partial charge >= 0.3 is 0 Å². The Bertz CT molecular complexity index is 326. The van der Waals surface area contributed by atoms with Crippen molar-refractivity contribution in [1.82, 2.24) is 0 Å². The van der Waals surface area contributed by atoms with Crippen molar-refractivity contribution >= 4 is 11.6 Å². The number of hydrogen-bond donors (Lipinski definition) is 3. The Morgan fingerprint density at radius 2 is 2.21 bits per heavy atom. The molecule has 0 aliphatic heterocycles. The summed E-state index contributed by atoms with van der Waals surface area (Å²) in [7, 11) is 0. The average molecular weight is 194 g/mol. The molecule has 1 amide bonds. The first kappa shape index (κ1) is 10.5. The van der Waals surface area contributed by atoms with Gasteiger partial charge in [0, 0.05) is 0 Å². The SMILES string of the molecule is CC[C@@H](N)C(=O)Nc1ccccc1O. The molecule has 4 N–H and O–H groups in total. The molecule has 0 aromatic heterocycles. The summed E-state index contributed by atoms with van der Waals surface area (Å²) < 4.78 is 0. The minimum absolute atomic E-state index is 0.0455. The molecular weight excluding hydrogens is 180 g/mol. The monoisotopic (exact) mass is 194 g/mol. The molecule has 14 heavy (non-hydrogen) atoms. The van der Waals surface area contributed by atoms with Gasteiger partial charge in [-0.2, -0.15) is 0 Å². The van der Waals surface area contributed by atoms with Gasteiger partial charge in [-0.05, 0) is 18.6 Å². The third-order valence-electron chi connectivity index (χ3n) is 1.94. The van der Waals surface area contributed by atoms with Crippen molar-refractivity contribution in [3.63, 3.8) is 0 Å². The number of anilines is 1. The number of carbonyl (C=O) groups is 1. The van der Waals surface area contributed by atoms with E-state index >= 15 is 0 Å². The van der Waals surface area contributed by atoms with Gasteiger partial charge in [0.2, 0.25) is 5.91 Å². The molecule has 1 aromatic rings. The fourth-order valence-corrected chi connectivity index (χ4v) is 0.990. The topological polar surface area (TPSA) is 75.4 Å². The van der Waals surface area contributed by atoms with E-state index in [1.165, 1.54) is 6.07 Å². The number of hydrogen-bond acceptors (Lipinski definition) is 3. The fraction of sp³-hybridized carbons (Fsp3) is 0.300. The van der Waals surface area contributed by atoms with E-state index in [1.807, 2.05) is 6.92 Å². The lowest BCUT2D eigenvalue weighted by atomic mass is 10.2. The molecule has 0 aliphatic carbocycles. The van der Waals surface area contributed by atoms with Crippen LogP contribution in [0.4, 0.5) is 5.69 Å². The van der Waals surface area contributed by atoms with Crippen LogP contribution in [-0.2, 0) is 4.79 Å². The number of rotatable bonds is 3. The van der Waals surface area contributed by atoms with Crippen LogP contribution in [0.1, 0.15) is 13.3 Å². The smallest absolute Gasteiger partial charge is 0.241 e. The van der Waals surface area contributed by atoms with Crippen molar-refractivity contribution in [3.8, 4) is 5.75 Å². The average Bonchev–Trinajstić information content (AvgIpc) is 2.20. The number of phenols is 1. The number of benzene rings is 1. The number of aromatic hydroxyl groups is 1. The Morgan fingerprint density at radius 3 is 2.79 bits per heavy atom. The minimum Gasteiger partial charge on any atom is -0.506 e. The van der Waals surface area contributed by atoms with E-state index in [2.05, 4.69) is 5.32 Å². The van der Waals surface area contributed by atoms with Crippen molar-refractivity contribution in [1.29, 1.82) is 0 Å². The zero-order chi connectivity index (χ0) is 10.6. The lowest BCUT2D eigenvalue weighted by Crippen LogP contribution is -2.34. The molecule has 0 saturated heterocycles. The van der Waals surface area contributed by atoms with E-state index in [0.29, 0.717) is 12.1 Å². The van der Waals surface area contributed by atoms with Crippen LogP contribution in [0, 0.1) is 0 Å². The number of amides is 1. The van der Waals surface area contributed by atoms with Gasteiger partial charge in [0.05, 0.1) is 11.7 Å². The highest BCUT2D eigenvalue weighted by atomic mass is 16.3. The summed E-state index contributed by atoms with van der Waals surface area (Å²) in [6.45, 7) is 1.83. The van der Waals surface area contributed by atoms with Gasteiger partial charge in [0.1, 0.15) is 5.75 Å². The lowest BCUT2D eigenvalue weighted by Gasteiger charge is -2.10. The molecular formula is C10H14N2O2. The molecule has 0 spiro atoms. The molecule has 0 saturated carbocycles. The first-order chi connectivity index (χ1) is 6.65. The molecule has 0 fully saturated rings. The maximum Gasteiger partial charge on any atom is 0.241 e. The van der Waals surface area contributed by atoms with Crippen LogP contribution in [0.2, 0.25) is 0 Å². The van der Waals surface area contributed by atoms with Gasteiger partial charge < -0.3 is 16.2 Å². The van der Waals surface area contributed by atoms with Gasteiger partial charge in [-0.15, -0.1) is 0 Å². The van der Waals surface area contributed by atoms with Crippen LogP contribution in [0.5, 0.6) is 5.75 Å². The van der Waals surface area contributed by atoms with Gasteiger partial charge in [-0.3, -0.25) is 4.79 Å². The number of nitrogens with two attached hydrogens (primary N) is 1. The second-order valence-corrected chi connectivity index (χ2v) is 3.02. The summed E-state index contributed by atoms with van der Waals surface area (Å²) >= 11 is 0. The molecule has 1 atom stereocenters. The van der Waals surface area contributed by atoms with Gasteiger partial charge in [-0.25, -0.2) is 0 Å². The van der Waals surface area contributed by atoms with E-state index in [9.17, 15) is 9.90 Å². The van der Waals surface area contributed by atoms with Gasteiger partial charge in [0.25, 0.3) is 0 Å². The summed E-state index contributed by atoms with van der Waals surface area (Å²) in [5.41, 5.74) is 5.91. The molecule has 0 radical (unpaired) electrons. The molecule has 0 heterocycles. The standard InChI is InChI=1S/C10H14N2O2/c1-2-7(11)10(14)12-8-5-3-4-6-9(8)13/h3-7,13H,2,11H2,1H3,(H,12,14)/t7-/m1/s1. The Balaban J connectivity index is 2.70. The molecule has 1 aromatic carbocycles. The second kappa shape index (κ2) is 4.62. The first-order valence-electron chi connectivity index (χ1n) is 4.49. The number of para-hydroxylation sites is 2. The summed E-state index contributed by atoms with van der Waals surface area (Å²) in [5, 5.41) is 11.9. The van der Waals surface area contributed by atoms with Crippen LogP contribution >= 0.6 is 0 Å². The van der Waals surface area contributed by atoms with Crippen LogP contribution in [0.3, 0.4) is 0 Å². The number of carbonyl (C=O) groups excluding carboxylic acids is 1. The largest absolute Gasteiger partial charge is 0.506 e. The Morgan fingerprint density at radius 1 is 1.57 bits per heavy atom. The quantitative estimate of drug-likeness (QED) is 0.630. The zero-order valence-corrected chi connectivity index (χ0v) is 8.03. The van der Waals surface area contributed by atoms with E-state index < -0.39 is 6.04 Å². The molecule has 0 aliphatic rings. The maximum absolute atomic E-state index is 11.3. The predicted octanol–water partition coefficient (Wildman–Crippen LogP) is 1.07. The van der Waals surface area contributed by atoms with Crippen LogP contribution in [0.25, 0.3) is 0 Å².